The molecule has 0 saturated heterocycles. The van der Waals surface area contributed by atoms with Gasteiger partial charge in [0.25, 0.3) is 0 Å². The first-order valence-electron chi connectivity index (χ1n) is 4.67. The molecular weight excluding hydrogens is 261 g/mol. The highest BCUT2D eigenvalue weighted by Crippen LogP contribution is 2.19. The Bertz CT molecular complexity index is 327. The highest BCUT2D eigenvalue weighted by atomic mass is 35.5. The Kier molecular flexibility index (Phi) is 5.01. The first-order chi connectivity index (χ1) is 7.40. The highest BCUT2D eigenvalue weighted by molar-refractivity contribution is 7.09. The molecule has 2 nitrogen and oxygen atoms in total. The second-order valence-corrected chi connectivity index (χ2v) is 4.72. The Labute approximate surface area is 101 Å². The van der Waals surface area contributed by atoms with Crippen LogP contribution in [0.3, 0.4) is 0 Å². The van der Waals surface area contributed by atoms with E-state index < -0.39 is 12.7 Å². The number of rotatable bonds is 5. The van der Waals surface area contributed by atoms with Crippen LogP contribution >= 0.6 is 22.9 Å². The highest BCUT2D eigenvalue weighted by Gasteiger charge is 2.30. The lowest BCUT2D eigenvalue weighted by Crippen LogP contribution is -2.35. The zero-order chi connectivity index (χ0) is 12.2. The van der Waals surface area contributed by atoms with Gasteiger partial charge in [0.2, 0.25) is 0 Å². The second kappa shape index (κ2) is 5.84. The van der Waals surface area contributed by atoms with Gasteiger partial charge < -0.3 is 0 Å². The quantitative estimate of drug-likeness (QED) is 0.766. The third-order valence-electron chi connectivity index (χ3n) is 1.83. The van der Waals surface area contributed by atoms with E-state index in [1.807, 2.05) is 12.3 Å². The van der Waals surface area contributed by atoms with Gasteiger partial charge >= 0.3 is 6.18 Å². The molecule has 1 rings (SSSR count). The summed E-state index contributed by atoms with van der Waals surface area (Å²) < 4.78 is 36.7. The van der Waals surface area contributed by atoms with Crippen LogP contribution in [0.2, 0.25) is 0 Å². The first kappa shape index (κ1) is 13.7. The van der Waals surface area contributed by atoms with E-state index in [2.05, 4.69) is 4.98 Å². The maximum atomic E-state index is 12.2. The van der Waals surface area contributed by atoms with Gasteiger partial charge in [-0.2, -0.15) is 13.2 Å². The summed E-state index contributed by atoms with van der Waals surface area (Å²) in [6.45, 7) is 1.28. The van der Waals surface area contributed by atoms with Crippen molar-refractivity contribution in [1.29, 1.82) is 0 Å². The summed E-state index contributed by atoms with van der Waals surface area (Å²) in [5.41, 5.74) is 0.831. The Morgan fingerprint density at radius 1 is 1.50 bits per heavy atom. The fraction of sp³-hybridized carbons (Fsp3) is 0.667. The maximum Gasteiger partial charge on any atom is 0.401 e. The van der Waals surface area contributed by atoms with Crippen molar-refractivity contribution < 1.29 is 13.2 Å². The molecule has 0 aromatic carbocycles. The zero-order valence-corrected chi connectivity index (χ0v) is 10.3. The van der Waals surface area contributed by atoms with Gasteiger partial charge in [-0.1, -0.05) is 0 Å². The van der Waals surface area contributed by atoms with E-state index in [9.17, 15) is 13.2 Å². The summed E-state index contributed by atoms with van der Waals surface area (Å²) in [7, 11) is 0. The Morgan fingerprint density at radius 2 is 2.19 bits per heavy atom. The summed E-state index contributed by atoms with van der Waals surface area (Å²) in [5.74, 6) is 0.181. The van der Waals surface area contributed by atoms with Gasteiger partial charge in [-0.25, -0.2) is 4.98 Å². The summed E-state index contributed by atoms with van der Waals surface area (Å²) in [5, 5.41) is 2.51. The number of halogens is 4. The van der Waals surface area contributed by atoms with Crippen molar-refractivity contribution in [2.75, 3.05) is 19.0 Å². The molecule has 0 radical (unpaired) electrons. The van der Waals surface area contributed by atoms with Gasteiger partial charge in [0.05, 0.1) is 13.1 Å². The fourth-order valence-corrected chi connectivity index (χ4v) is 2.31. The minimum atomic E-state index is -4.20. The van der Waals surface area contributed by atoms with Gasteiger partial charge in [-0.05, 0) is 6.92 Å². The third-order valence-corrected chi connectivity index (χ3v) is 2.95. The van der Waals surface area contributed by atoms with Crippen LogP contribution in [-0.2, 0) is 6.54 Å². The van der Waals surface area contributed by atoms with E-state index in [0.717, 1.165) is 5.69 Å². The van der Waals surface area contributed by atoms with Gasteiger partial charge in [0.1, 0.15) is 5.01 Å². The van der Waals surface area contributed by atoms with Crippen LogP contribution in [0.4, 0.5) is 13.2 Å². The van der Waals surface area contributed by atoms with Crippen LogP contribution in [0.25, 0.3) is 0 Å². The van der Waals surface area contributed by atoms with Crippen LogP contribution in [-0.4, -0.2) is 35.0 Å². The molecule has 16 heavy (non-hydrogen) atoms. The molecule has 0 aliphatic carbocycles. The average Bonchev–Trinajstić information content (AvgIpc) is 2.48. The molecule has 0 fully saturated rings. The molecule has 0 bridgehead atoms. The molecule has 1 aromatic heterocycles. The normalized spacial score (nSPS) is 12.4. The first-order valence-corrected chi connectivity index (χ1v) is 6.08. The van der Waals surface area contributed by atoms with E-state index >= 15 is 0 Å². The molecule has 7 heteroatoms. The van der Waals surface area contributed by atoms with Crippen LogP contribution in [0.15, 0.2) is 5.38 Å². The molecule has 0 aliphatic rings. The molecule has 0 amide bonds. The topological polar surface area (TPSA) is 16.1 Å². The predicted molar refractivity (Wildman–Crippen MR) is 58.9 cm³/mol. The van der Waals surface area contributed by atoms with Crippen molar-refractivity contribution in [2.45, 2.75) is 19.6 Å². The SMILES string of the molecule is Cc1csc(CN(CCCl)CC(F)(F)F)n1. The molecule has 0 saturated carbocycles. The fourth-order valence-electron chi connectivity index (χ4n) is 1.25. The molecule has 0 aliphatic heterocycles. The summed E-state index contributed by atoms with van der Waals surface area (Å²) >= 11 is 6.84. The lowest BCUT2D eigenvalue weighted by molar-refractivity contribution is -0.146. The standard InChI is InChI=1S/C9H12ClF3N2S/c1-7-5-16-8(14-7)4-15(3-2-10)6-9(11,12)13/h5H,2-4,6H2,1H3. The zero-order valence-electron chi connectivity index (χ0n) is 8.72. The predicted octanol–water partition coefficient (Wildman–Crippen LogP) is 3.05. The maximum absolute atomic E-state index is 12.2. The van der Waals surface area contributed by atoms with Gasteiger partial charge in [0, 0.05) is 23.5 Å². The van der Waals surface area contributed by atoms with Crippen molar-refractivity contribution in [3.05, 3.63) is 16.1 Å². The summed E-state index contributed by atoms with van der Waals surface area (Å²) in [6.07, 6.45) is -4.20. The summed E-state index contributed by atoms with van der Waals surface area (Å²) in [4.78, 5) is 5.38. The minimum absolute atomic E-state index is 0.181. The number of aryl methyl sites for hydroxylation is 1. The largest absolute Gasteiger partial charge is 0.401 e. The smallest absolute Gasteiger partial charge is 0.287 e. The third kappa shape index (κ3) is 5.14. The Morgan fingerprint density at radius 3 is 2.62 bits per heavy atom. The van der Waals surface area contributed by atoms with Crippen molar-refractivity contribution in [3.8, 4) is 0 Å². The van der Waals surface area contributed by atoms with Crippen LogP contribution < -0.4 is 0 Å². The molecule has 0 spiro atoms. The Balaban J connectivity index is 2.57. The van der Waals surface area contributed by atoms with Crippen LogP contribution in [0, 0.1) is 6.92 Å². The molecule has 0 atom stereocenters. The number of hydrogen-bond donors (Lipinski definition) is 0. The molecule has 0 N–H and O–H groups in total. The van der Waals surface area contributed by atoms with Crippen molar-refractivity contribution in [1.82, 2.24) is 9.88 Å². The monoisotopic (exact) mass is 272 g/mol. The second-order valence-electron chi connectivity index (χ2n) is 3.40. The van der Waals surface area contributed by atoms with E-state index in [1.165, 1.54) is 16.2 Å². The summed E-state index contributed by atoms with van der Waals surface area (Å²) in [6, 6.07) is 0. The molecule has 92 valence electrons. The van der Waals surface area contributed by atoms with Gasteiger partial charge in [0.15, 0.2) is 0 Å². The van der Waals surface area contributed by atoms with Crippen molar-refractivity contribution in [2.24, 2.45) is 0 Å². The van der Waals surface area contributed by atoms with E-state index in [4.69, 9.17) is 11.6 Å². The van der Waals surface area contributed by atoms with Crippen molar-refractivity contribution in [3.63, 3.8) is 0 Å². The molecular formula is C9H12ClF3N2S. The van der Waals surface area contributed by atoms with Crippen molar-refractivity contribution >= 4 is 22.9 Å². The van der Waals surface area contributed by atoms with E-state index in [-0.39, 0.29) is 19.0 Å². The molecule has 1 aromatic rings. The Hall–Kier alpha value is -0.330. The van der Waals surface area contributed by atoms with E-state index in [1.54, 1.807) is 0 Å². The number of alkyl halides is 4. The lowest BCUT2D eigenvalue weighted by Gasteiger charge is -2.21. The van der Waals surface area contributed by atoms with Crippen LogP contribution in [0.1, 0.15) is 10.7 Å². The van der Waals surface area contributed by atoms with Gasteiger partial charge in [-0.15, -0.1) is 22.9 Å². The number of nitrogens with zero attached hydrogens (tertiary/aromatic N) is 2. The minimum Gasteiger partial charge on any atom is -0.287 e. The average molecular weight is 273 g/mol. The number of hydrogen-bond acceptors (Lipinski definition) is 3. The van der Waals surface area contributed by atoms with Gasteiger partial charge in [-0.3, -0.25) is 4.90 Å². The van der Waals surface area contributed by atoms with Crippen LogP contribution in [0.5, 0.6) is 0 Å². The lowest BCUT2D eigenvalue weighted by atomic mass is 10.4. The van der Waals surface area contributed by atoms with E-state index in [0.29, 0.717) is 5.01 Å². The molecule has 0 unspecified atom stereocenters. The number of aromatic nitrogens is 1. The number of thiazole rings is 1. The molecule has 1 heterocycles.